The summed E-state index contributed by atoms with van der Waals surface area (Å²) in [7, 11) is 0. The molecule has 0 atom stereocenters. The molecule has 1 aliphatic carbocycles. The van der Waals surface area contributed by atoms with Gasteiger partial charge in [-0.1, -0.05) is 27.5 Å². The highest BCUT2D eigenvalue weighted by atomic mass is 79.9. The predicted molar refractivity (Wildman–Crippen MR) is 75.5 cm³/mol. The SMILES string of the molecule is O=C(O)CCN(C(=O)c1cc(Cl)cc(Br)c1)C1CC1. The number of carboxylic acids is 1. The lowest BCUT2D eigenvalue weighted by Gasteiger charge is -2.22. The minimum absolute atomic E-state index is 0.0377. The second kappa shape index (κ2) is 5.92. The van der Waals surface area contributed by atoms with Gasteiger partial charge in [-0.25, -0.2) is 0 Å². The Morgan fingerprint density at radius 2 is 2.05 bits per heavy atom. The van der Waals surface area contributed by atoms with Crippen molar-refractivity contribution in [3.63, 3.8) is 0 Å². The number of carbonyl (C=O) groups is 2. The van der Waals surface area contributed by atoms with Crippen molar-refractivity contribution in [2.45, 2.75) is 25.3 Å². The molecule has 0 spiro atoms. The molecule has 102 valence electrons. The molecule has 1 saturated carbocycles. The van der Waals surface area contributed by atoms with Gasteiger partial charge in [0.1, 0.15) is 0 Å². The molecule has 0 bridgehead atoms. The number of amides is 1. The molecule has 19 heavy (non-hydrogen) atoms. The topological polar surface area (TPSA) is 57.6 Å². The van der Waals surface area contributed by atoms with E-state index >= 15 is 0 Å². The first kappa shape index (κ1) is 14.3. The molecule has 0 aromatic heterocycles. The minimum atomic E-state index is -0.897. The zero-order valence-corrected chi connectivity index (χ0v) is 12.4. The molecule has 1 aromatic carbocycles. The van der Waals surface area contributed by atoms with Crippen molar-refractivity contribution in [2.75, 3.05) is 6.54 Å². The highest BCUT2D eigenvalue weighted by Gasteiger charge is 2.33. The van der Waals surface area contributed by atoms with Crippen molar-refractivity contribution in [3.05, 3.63) is 33.3 Å². The molecule has 1 fully saturated rings. The quantitative estimate of drug-likeness (QED) is 0.891. The number of benzene rings is 1. The number of halogens is 2. The second-order valence-corrected chi connectivity index (χ2v) is 5.88. The van der Waals surface area contributed by atoms with Crippen molar-refractivity contribution in [1.29, 1.82) is 0 Å². The normalized spacial score (nSPS) is 14.2. The van der Waals surface area contributed by atoms with E-state index in [1.807, 2.05) is 0 Å². The molecule has 0 radical (unpaired) electrons. The van der Waals surface area contributed by atoms with Crippen molar-refractivity contribution in [1.82, 2.24) is 4.90 Å². The van der Waals surface area contributed by atoms with Crippen molar-refractivity contribution in [3.8, 4) is 0 Å². The van der Waals surface area contributed by atoms with Gasteiger partial charge in [0.15, 0.2) is 0 Å². The lowest BCUT2D eigenvalue weighted by Crippen LogP contribution is -2.35. The molecule has 1 aromatic rings. The van der Waals surface area contributed by atoms with E-state index in [2.05, 4.69) is 15.9 Å². The third kappa shape index (κ3) is 3.94. The zero-order valence-electron chi connectivity index (χ0n) is 10.1. The Bertz CT molecular complexity index is 496. The maximum atomic E-state index is 12.4. The molecule has 0 unspecified atom stereocenters. The lowest BCUT2D eigenvalue weighted by molar-refractivity contribution is -0.137. The standard InChI is InChI=1S/C13H13BrClNO3/c14-9-5-8(6-10(15)7-9)13(19)16(11-1-2-11)4-3-12(17)18/h5-7,11H,1-4H2,(H,17,18). The highest BCUT2D eigenvalue weighted by Crippen LogP contribution is 2.29. The molecule has 2 rings (SSSR count). The van der Waals surface area contributed by atoms with E-state index in [9.17, 15) is 9.59 Å². The van der Waals surface area contributed by atoms with Crippen LogP contribution in [0.1, 0.15) is 29.6 Å². The number of hydrogen-bond donors (Lipinski definition) is 1. The molecule has 1 aliphatic rings. The van der Waals surface area contributed by atoms with E-state index in [0.717, 1.165) is 17.3 Å². The number of nitrogens with zero attached hydrogens (tertiary/aromatic N) is 1. The summed E-state index contributed by atoms with van der Waals surface area (Å²) in [4.78, 5) is 24.7. The van der Waals surface area contributed by atoms with Gasteiger partial charge < -0.3 is 10.0 Å². The first-order chi connectivity index (χ1) is 8.97. The Hall–Kier alpha value is -1.07. The van der Waals surface area contributed by atoms with Crippen LogP contribution in [0.3, 0.4) is 0 Å². The Morgan fingerprint density at radius 3 is 2.58 bits per heavy atom. The van der Waals surface area contributed by atoms with E-state index < -0.39 is 5.97 Å². The van der Waals surface area contributed by atoms with Crippen molar-refractivity contribution in [2.24, 2.45) is 0 Å². The fraction of sp³-hybridized carbons (Fsp3) is 0.385. The van der Waals surface area contributed by atoms with Gasteiger partial charge in [-0.2, -0.15) is 0 Å². The molecule has 0 heterocycles. The largest absolute Gasteiger partial charge is 0.481 e. The van der Waals surface area contributed by atoms with Gasteiger partial charge in [0, 0.05) is 27.6 Å². The summed E-state index contributed by atoms with van der Waals surface area (Å²) in [5.41, 5.74) is 0.483. The van der Waals surface area contributed by atoms with Crippen LogP contribution in [0.25, 0.3) is 0 Å². The molecule has 4 nitrogen and oxygen atoms in total. The van der Waals surface area contributed by atoms with Gasteiger partial charge in [-0.3, -0.25) is 9.59 Å². The van der Waals surface area contributed by atoms with Crippen molar-refractivity contribution < 1.29 is 14.7 Å². The van der Waals surface area contributed by atoms with Gasteiger partial charge >= 0.3 is 5.97 Å². The second-order valence-electron chi connectivity index (χ2n) is 4.53. The average Bonchev–Trinajstić information content (AvgIpc) is 3.11. The van der Waals surface area contributed by atoms with Crippen LogP contribution in [0.15, 0.2) is 22.7 Å². The number of rotatable bonds is 5. The fourth-order valence-corrected chi connectivity index (χ4v) is 2.76. The fourth-order valence-electron chi connectivity index (χ4n) is 1.90. The van der Waals surface area contributed by atoms with Crippen LogP contribution >= 0.6 is 27.5 Å². The Labute approximate surface area is 124 Å². The average molecular weight is 347 g/mol. The van der Waals surface area contributed by atoms with Crippen LogP contribution < -0.4 is 0 Å². The first-order valence-corrected chi connectivity index (χ1v) is 7.13. The summed E-state index contributed by atoms with van der Waals surface area (Å²) in [5.74, 6) is -1.06. The van der Waals surface area contributed by atoms with Gasteiger partial charge in [-0.05, 0) is 31.0 Å². The third-order valence-corrected chi connectivity index (χ3v) is 3.60. The van der Waals surface area contributed by atoms with E-state index in [1.165, 1.54) is 0 Å². The van der Waals surface area contributed by atoms with Gasteiger partial charge in [0.2, 0.25) is 0 Å². The molecule has 1 N–H and O–H groups in total. The van der Waals surface area contributed by atoms with E-state index in [0.29, 0.717) is 10.6 Å². The van der Waals surface area contributed by atoms with Crippen LogP contribution in [0.2, 0.25) is 5.02 Å². The van der Waals surface area contributed by atoms with Gasteiger partial charge in [0.05, 0.1) is 6.42 Å². The third-order valence-electron chi connectivity index (χ3n) is 2.92. The van der Waals surface area contributed by atoms with Crippen LogP contribution in [0.5, 0.6) is 0 Å². The van der Waals surface area contributed by atoms with Gasteiger partial charge in [0.25, 0.3) is 5.91 Å². The van der Waals surface area contributed by atoms with Crippen LogP contribution in [0, 0.1) is 0 Å². The molecule has 6 heteroatoms. The van der Waals surface area contributed by atoms with E-state index in [-0.39, 0.29) is 24.9 Å². The van der Waals surface area contributed by atoms with E-state index in [4.69, 9.17) is 16.7 Å². The summed E-state index contributed by atoms with van der Waals surface area (Å²) in [6.45, 7) is 0.239. The Balaban J connectivity index is 2.16. The zero-order chi connectivity index (χ0) is 14.0. The first-order valence-electron chi connectivity index (χ1n) is 5.96. The smallest absolute Gasteiger partial charge is 0.305 e. The van der Waals surface area contributed by atoms with E-state index in [1.54, 1.807) is 23.1 Å². The number of carboxylic acid groups (broad SMARTS) is 1. The Kier molecular flexibility index (Phi) is 4.47. The van der Waals surface area contributed by atoms with Crippen molar-refractivity contribution >= 4 is 39.4 Å². The van der Waals surface area contributed by atoms with Crippen LogP contribution in [0.4, 0.5) is 0 Å². The summed E-state index contributed by atoms with van der Waals surface area (Å²) < 4.78 is 0.734. The van der Waals surface area contributed by atoms with Crippen LogP contribution in [-0.4, -0.2) is 34.5 Å². The molecule has 0 saturated heterocycles. The summed E-state index contributed by atoms with van der Waals surface area (Å²) >= 11 is 9.22. The minimum Gasteiger partial charge on any atom is -0.481 e. The Morgan fingerprint density at radius 1 is 1.37 bits per heavy atom. The van der Waals surface area contributed by atoms with Gasteiger partial charge in [-0.15, -0.1) is 0 Å². The number of hydrogen-bond acceptors (Lipinski definition) is 2. The number of aliphatic carboxylic acids is 1. The lowest BCUT2D eigenvalue weighted by atomic mass is 10.2. The summed E-state index contributed by atoms with van der Waals surface area (Å²) in [6.07, 6.45) is 1.84. The molecular formula is C13H13BrClNO3. The van der Waals surface area contributed by atoms with Crippen LogP contribution in [-0.2, 0) is 4.79 Å². The summed E-state index contributed by atoms with van der Waals surface area (Å²) in [6, 6.07) is 5.18. The molecule has 1 amide bonds. The molecular weight excluding hydrogens is 334 g/mol. The number of carbonyl (C=O) groups excluding carboxylic acids is 1. The summed E-state index contributed by atoms with van der Waals surface area (Å²) in [5, 5.41) is 9.22. The monoisotopic (exact) mass is 345 g/mol. The predicted octanol–water partition coefficient (Wildman–Crippen LogP) is 3.18. The highest BCUT2D eigenvalue weighted by molar-refractivity contribution is 9.10. The maximum absolute atomic E-state index is 12.4. The maximum Gasteiger partial charge on any atom is 0.305 e. The molecule has 0 aliphatic heterocycles.